The SMILES string of the molecule is CCCn1ccc(C(=O)O)c1COC. The van der Waals surface area contributed by atoms with E-state index in [1.165, 1.54) is 0 Å². The Kier molecular flexibility index (Phi) is 3.71. The smallest absolute Gasteiger partial charge is 0.337 e. The summed E-state index contributed by atoms with van der Waals surface area (Å²) in [5.74, 6) is -0.896. The molecule has 0 aliphatic rings. The molecular formula is C10H15NO3. The van der Waals surface area contributed by atoms with Gasteiger partial charge in [0.2, 0.25) is 0 Å². The highest BCUT2D eigenvalue weighted by atomic mass is 16.5. The molecule has 1 heterocycles. The zero-order valence-electron chi connectivity index (χ0n) is 8.49. The normalized spacial score (nSPS) is 10.4. The van der Waals surface area contributed by atoms with Crippen molar-refractivity contribution in [3.8, 4) is 0 Å². The van der Waals surface area contributed by atoms with Crippen molar-refractivity contribution in [3.05, 3.63) is 23.5 Å². The van der Waals surface area contributed by atoms with E-state index in [1.807, 2.05) is 4.57 Å². The summed E-state index contributed by atoms with van der Waals surface area (Å²) < 4.78 is 6.90. The summed E-state index contributed by atoms with van der Waals surface area (Å²) in [5, 5.41) is 8.90. The fourth-order valence-corrected chi connectivity index (χ4v) is 1.45. The molecule has 1 rings (SSSR count). The lowest BCUT2D eigenvalue weighted by molar-refractivity contribution is 0.0691. The maximum atomic E-state index is 10.8. The van der Waals surface area contributed by atoms with Crippen molar-refractivity contribution < 1.29 is 14.6 Å². The van der Waals surface area contributed by atoms with Gasteiger partial charge in [-0.2, -0.15) is 0 Å². The third kappa shape index (κ3) is 2.14. The number of rotatable bonds is 5. The summed E-state index contributed by atoms with van der Waals surface area (Å²) >= 11 is 0. The van der Waals surface area contributed by atoms with E-state index in [9.17, 15) is 4.79 Å². The van der Waals surface area contributed by atoms with Crippen LogP contribution in [0.1, 0.15) is 29.4 Å². The number of aromatic carboxylic acids is 1. The van der Waals surface area contributed by atoms with E-state index in [-0.39, 0.29) is 0 Å². The maximum Gasteiger partial charge on any atom is 0.337 e. The van der Waals surface area contributed by atoms with E-state index in [2.05, 4.69) is 6.92 Å². The first-order chi connectivity index (χ1) is 6.70. The summed E-state index contributed by atoms with van der Waals surface area (Å²) in [6.07, 6.45) is 2.77. The van der Waals surface area contributed by atoms with Crippen molar-refractivity contribution in [1.29, 1.82) is 0 Å². The number of nitrogens with zero attached hydrogens (tertiary/aromatic N) is 1. The molecular weight excluding hydrogens is 182 g/mol. The number of aryl methyl sites for hydroxylation is 1. The molecule has 0 saturated carbocycles. The zero-order valence-corrected chi connectivity index (χ0v) is 8.49. The Morgan fingerprint density at radius 1 is 1.64 bits per heavy atom. The average molecular weight is 197 g/mol. The molecule has 1 aromatic heterocycles. The molecule has 0 atom stereocenters. The first-order valence-corrected chi connectivity index (χ1v) is 4.61. The number of carboxylic acid groups (broad SMARTS) is 1. The molecule has 0 unspecified atom stereocenters. The van der Waals surface area contributed by atoms with Crippen LogP contribution in [0.25, 0.3) is 0 Å². The maximum absolute atomic E-state index is 10.8. The second-order valence-electron chi connectivity index (χ2n) is 3.11. The lowest BCUT2D eigenvalue weighted by Gasteiger charge is -2.07. The van der Waals surface area contributed by atoms with Crippen LogP contribution in [0.2, 0.25) is 0 Å². The number of hydrogen-bond donors (Lipinski definition) is 1. The number of methoxy groups -OCH3 is 1. The van der Waals surface area contributed by atoms with E-state index < -0.39 is 5.97 Å². The second kappa shape index (κ2) is 4.81. The Bertz CT molecular complexity index is 317. The van der Waals surface area contributed by atoms with Gasteiger partial charge in [-0.1, -0.05) is 6.92 Å². The summed E-state index contributed by atoms with van der Waals surface area (Å²) in [4.78, 5) is 10.8. The number of aromatic nitrogens is 1. The molecule has 0 radical (unpaired) electrons. The molecule has 4 nitrogen and oxygen atoms in total. The van der Waals surface area contributed by atoms with Crippen LogP contribution in [0.5, 0.6) is 0 Å². The van der Waals surface area contributed by atoms with E-state index >= 15 is 0 Å². The van der Waals surface area contributed by atoms with Gasteiger partial charge >= 0.3 is 5.97 Å². The van der Waals surface area contributed by atoms with Crippen LogP contribution >= 0.6 is 0 Å². The molecule has 0 bridgehead atoms. The third-order valence-electron chi connectivity index (χ3n) is 2.05. The van der Waals surface area contributed by atoms with Crippen molar-refractivity contribution in [1.82, 2.24) is 4.57 Å². The summed E-state index contributed by atoms with van der Waals surface area (Å²) in [7, 11) is 1.56. The lowest BCUT2D eigenvalue weighted by Crippen LogP contribution is -2.07. The molecule has 78 valence electrons. The minimum atomic E-state index is -0.896. The molecule has 0 amide bonds. The van der Waals surface area contributed by atoms with Crippen molar-refractivity contribution in [2.24, 2.45) is 0 Å². The van der Waals surface area contributed by atoms with Crippen LogP contribution in [0.15, 0.2) is 12.3 Å². The predicted octanol–water partition coefficient (Wildman–Crippen LogP) is 1.74. The highest BCUT2D eigenvalue weighted by Crippen LogP contribution is 2.13. The topological polar surface area (TPSA) is 51.5 Å². The van der Waals surface area contributed by atoms with E-state index in [4.69, 9.17) is 9.84 Å². The van der Waals surface area contributed by atoms with Crippen LogP contribution in [0.3, 0.4) is 0 Å². The molecule has 0 saturated heterocycles. The van der Waals surface area contributed by atoms with E-state index in [0.29, 0.717) is 12.2 Å². The Hall–Kier alpha value is -1.29. The monoisotopic (exact) mass is 197 g/mol. The first-order valence-electron chi connectivity index (χ1n) is 4.61. The molecule has 1 N–H and O–H groups in total. The van der Waals surface area contributed by atoms with Gasteiger partial charge in [0.05, 0.1) is 17.9 Å². The van der Waals surface area contributed by atoms with Gasteiger partial charge in [-0.3, -0.25) is 0 Å². The van der Waals surface area contributed by atoms with E-state index in [0.717, 1.165) is 18.7 Å². The standard InChI is InChI=1S/C10H15NO3/c1-3-5-11-6-4-8(10(12)13)9(11)7-14-2/h4,6H,3,5,7H2,1-2H3,(H,12,13). The highest BCUT2D eigenvalue weighted by molar-refractivity contribution is 5.89. The van der Waals surface area contributed by atoms with Crippen molar-refractivity contribution in [2.75, 3.05) is 7.11 Å². The predicted molar refractivity (Wildman–Crippen MR) is 52.4 cm³/mol. The van der Waals surface area contributed by atoms with Crippen LogP contribution in [-0.4, -0.2) is 22.8 Å². The summed E-state index contributed by atoms with van der Waals surface area (Å²) in [5.41, 5.74) is 1.07. The van der Waals surface area contributed by atoms with Gasteiger partial charge in [0.25, 0.3) is 0 Å². The zero-order chi connectivity index (χ0) is 10.6. The molecule has 0 aliphatic carbocycles. The van der Waals surface area contributed by atoms with Crippen molar-refractivity contribution in [3.63, 3.8) is 0 Å². The molecule has 0 aromatic carbocycles. The fourth-order valence-electron chi connectivity index (χ4n) is 1.45. The van der Waals surface area contributed by atoms with Gasteiger partial charge in [-0.05, 0) is 12.5 Å². The Labute approximate surface area is 83.1 Å². The van der Waals surface area contributed by atoms with Gasteiger partial charge in [-0.25, -0.2) is 4.79 Å². The highest BCUT2D eigenvalue weighted by Gasteiger charge is 2.13. The van der Waals surface area contributed by atoms with Crippen molar-refractivity contribution >= 4 is 5.97 Å². The van der Waals surface area contributed by atoms with Crippen LogP contribution in [0.4, 0.5) is 0 Å². The van der Waals surface area contributed by atoms with Crippen LogP contribution < -0.4 is 0 Å². The third-order valence-corrected chi connectivity index (χ3v) is 2.05. The number of hydrogen-bond acceptors (Lipinski definition) is 2. The van der Waals surface area contributed by atoms with Gasteiger partial charge < -0.3 is 14.4 Å². The minimum absolute atomic E-state index is 0.334. The van der Waals surface area contributed by atoms with Gasteiger partial charge in [0.15, 0.2) is 0 Å². The lowest BCUT2D eigenvalue weighted by atomic mass is 10.2. The van der Waals surface area contributed by atoms with Gasteiger partial charge in [0.1, 0.15) is 0 Å². The van der Waals surface area contributed by atoms with Crippen LogP contribution in [-0.2, 0) is 17.9 Å². The first kappa shape index (κ1) is 10.8. The largest absolute Gasteiger partial charge is 0.478 e. The second-order valence-corrected chi connectivity index (χ2v) is 3.11. The molecule has 0 aliphatic heterocycles. The molecule has 1 aromatic rings. The Balaban J connectivity index is 3.00. The molecule has 0 fully saturated rings. The summed E-state index contributed by atoms with van der Waals surface area (Å²) in [6.45, 7) is 3.22. The van der Waals surface area contributed by atoms with Gasteiger partial charge in [0, 0.05) is 19.9 Å². The van der Waals surface area contributed by atoms with Crippen LogP contribution in [0, 0.1) is 0 Å². The van der Waals surface area contributed by atoms with Crippen molar-refractivity contribution in [2.45, 2.75) is 26.5 Å². The quantitative estimate of drug-likeness (QED) is 0.782. The summed E-state index contributed by atoms with van der Waals surface area (Å²) in [6, 6.07) is 1.62. The molecule has 4 heteroatoms. The van der Waals surface area contributed by atoms with Gasteiger partial charge in [-0.15, -0.1) is 0 Å². The Morgan fingerprint density at radius 3 is 2.86 bits per heavy atom. The number of carbonyl (C=O) groups is 1. The number of carboxylic acids is 1. The molecule has 0 spiro atoms. The van der Waals surface area contributed by atoms with E-state index in [1.54, 1.807) is 19.4 Å². The number of ether oxygens (including phenoxy) is 1. The Morgan fingerprint density at radius 2 is 2.36 bits per heavy atom. The molecule has 14 heavy (non-hydrogen) atoms. The average Bonchev–Trinajstić information content (AvgIpc) is 2.50. The minimum Gasteiger partial charge on any atom is -0.478 e. The fraction of sp³-hybridized carbons (Fsp3) is 0.500.